The fourth-order valence-corrected chi connectivity index (χ4v) is 4.50. The second-order valence-corrected chi connectivity index (χ2v) is 9.05. The predicted molar refractivity (Wildman–Crippen MR) is 134 cm³/mol. The van der Waals surface area contributed by atoms with Crippen LogP contribution in [-0.2, 0) is 10.0 Å². The molecule has 0 aliphatic rings. The maximum atomic E-state index is 12.7. The van der Waals surface area contributed by atoms with Crippen LogP contribution in [0.5, 0.6) is 5.75 Å². The van der Waals surface area contributed by atoms with Crippen LogP contribution in [0.3, 0.4) is 0 Å². The maximum Gasteiger partial charge on any atom is 0.261 e. The summed E-state index contributed by atoms with van der Waals surface area (Å²) < 4.78 is 32.9. The van der Waals surface area contributed by atoms with Crippen LogP contribution in [0.25, 0.3) is 10.8 Å². The zero-order valence-corrected chi connectivity index (χ0v) is 18.8. The summed E-state index contributed by atoms with van der Waals surface area (Å²) in [6.07, 6.45) is 0. The van der Waals surface area contributed by atoms with Crippen LogP contribution in [0.15, 0.2) is 95.9 Å². The number of anilines is 3. The van der Waals surface area contributed by atoms with E-state index in [1.807, 2.05) is 42.5 Å². The minimum Gasteiger partial charge on any atom is -0.497 e. The highest BCUT2D eigenvalue weighted by Crippen LogP contribution is 2.24. The molecule has 4 aromatic rings. The van der Waals surface area contributed by atoms with Gasteiger partial charge in [-0.05, 0) is 72.2 Å². The van der Waals surface area contributed by atoms with E-state index in [-0.39, 0.29) is 4.90 Å². The molecule has 4 aromatic carbocycles. The van der Waals surface area contributed by atoms with Crippen molar-refractivity contribution in [3.63, 3.8) is 0 Å². The molecule has 0 aliphatic heterocycles. The highest BCUT2D eigenvalue weighted by molar-refractivity contribution is 7.92. The van der Waals surface area contributed by atoms with Crippen molar-refractivity contribution in [1.82, 2.24) is 0 Å². The summed E-state index contributed by atoms with van der Waals surface area (Å²) in [4.78, 5) is 0.145. The second kappa shape index (κ2) is 9.25. The zero-order valence-electron chi connectivity index (χ0n) is 17.2. The number of nitrogens with one attached hydrogen (secondary N) is 3. The number of hydrogen-bond acceptors (Lipinski definition) is 4. The molecule has 0 fully saturated rings. The molecule has 0 unspecified atom stereocenters. The monoisotopic (exact) mass is 463 g/mol. The van der Waals surface area contributed by atoms with E-state index in [9.17, 15) is 8.42 Å². The summed E-state index contributed by atoms with van der Waals surface area (Å²) in [5, 5.41) is 8.87. The minimum absolute atomic E-state index is 0.145. The van der Waals surface area contributed by atoms with E-state index in [2.05, 4.69) is 15.4 Å². The molecule has 0 atom stereocenters. The van der Waals surface area contributed by atoms with Gasteiger partial charge in [-0.2, -0.15) is 0 Å². The third-order valence-corrected chi connectivity index (χ3v) is 6.40. The number of ether oxygens (including phenoxy) is 1. The summed E-state index contributed by atoms with van der Waals surface area (Å²) in [7, 11) is -2.16. The van der Waals surface area contributed by atoms with E-state index in [1.165, 1.54) is 12.1 Å². The normalized spacial score (nSPS) is 11.0. The molecule has 0 heterocycles. The Bertz CT molecular complexity index is 1350. The molecule has 0 aromatic heterocycles. The van der Waals surface area contributed by atoms with Crippen LogP contribution in [0, 0.1) is 0 Å². The van der Waals surface area contributed by atoms with E-state index in [4.69, 9.17) is 17.0 Å². The molecule has 3 N–H and O–H groups in total. The van der Waals surface area contributed by atoms with Crippen molar-refractivity contribution in [1.29, 1.82) is 0 Å². The zero-order chi connectivity index (χ0) is 22.6. The minimum atomic E-state index is -3.72. The van der Waals surface area contributed by atoms with E-state index in [0.717, 1.165) is 16.5 Å². The molecule has 0 spiro atoms. The van der Waals surface area contributed by atoms with Crippen LogP contribution in [-0.4, -0.2) is 20.6 Å². The molecule has 0 saturated carbocycles. The number of fused-ring (bicyclic) bond motifs is 1. The number of sulfonamides is 1. The Hall–Kier alpha value is -3.62. The number of methoxy groups -OCH3 is 1. The molecule has 0 radical (unpaired) electrons. The van der Waals surface area contributed by atoms with Gasteiger partial charge in [-0.15, -0.1) is 0 Å². The third-order valence-electron chi connectivity index (χ3n) is 4.80. The van der Waals surface area contributed by atoms with Gasteiger partial charge in [0.15, 0.2) is 5.11 Å². The van der Waals surface area contributed by atoms with Crippen molar-refractivity contribution in [2.24, 2.45) is 0 Å². The van der Waals surface area contributed by atoms with Gasteiger partial charge >= 0.3 is 0 Å². The standard InChI is InChI=1S/C24H21N3O3S2/c1-30-20-13-9-19(10-14-20)27-32(28,29)21-15-11-18(12-16-21)25-24(31)26-23-8-4-6-17-5-2-3-7-22(17)23/h2-16,27H,1H3,(H2,25,26,31). The highest BCUT2D eigenvalue weighted by Gasteiger charge is 2.14. The van der Waals surface area contributed by atoms with E-state index in [0.29, 0.717) is 22.2 Å². The molecule has 0 saturated heterocycles. The first-order valence-corrected chi connectivity index (χ1v) is 11.7. The van der Waals surface area contributed by atoms with Gasteiger partial charge in [-0.3, -0.25) is 4.72 Å². The second-order valence-electron chi connectivity index (χ2n) is 6.96. The Kier molecular flexibility index (Phi) is 6.25. The van der Waals surface area contributed by atoms with Gasteiger partial charge in [-0.25, -0.2) is 8.42 Å². The molecular weight excluding hydrogens is 442 g/mol. The first-order chi connectivity index (χ1) is 15.4. The van der Waals surface area contributed by atoms with E-state index >= 15 is 0 Å². The largest absolute Gasteiger partial charge is 0.497 e. The average molecular weight is 464 g/mol. The lowest BCUT2D eigenvalue weighted by Gasteiger charge is -2.13. The van der Waals surface area contributed by atoms with E-state index < -0.39 is 10.0 Å². The van der Waals surface area contributed by atoms with Crippen LogP contribution >= 0.6 is 12.2 Å². The average Bonchev–Trinajstić information content (AvgIpc) is 2.80. The molecule has 6 nitrogen and oxygen atoms in total. The van der Waals surface area contributed by atoms with Crippen molar-refractivity contribution in [3.8, 4) is 5.75 Å². The number of thiocarbonyl (C=S) groups is 1. The van der Waals surface area contributed by atoms with Crippen molar-refractivity contribution in [3.05, 3.63) is 91.0 Å². The topological polar surface area (TPSA) is 79.5 Å². The highest BCUT2D eigenvalue weighted by atomic mass is 32.2. The Labute approximate surface area is 192 Å². The summed E-state index contributed by atoms with van der Waals surface area (Å²) >= 11 is 5.43. The van der Waals surface area contributed by atoms with Gasteiger partial charge in [0.25, 0.3) is 10.0 Å². The van der Waals surface area contributed by atoms with Crippen LogP contribution in [0.2, 0.25) is 0 Å². The molecule has 8 heteroatoms. The Morgan fingerprint density at radius 2 is 1.44 bits per heavy atom. The smallest absolute Gasteiger partial charge is 0.261 e. The molecular formula is C24H21N3O3S2. The third kappa shape index (κ3) is 4.99. The molecule has 0 bridgehead atoms. The van der Waals surface area contributed by atoms with Gasteiger partial charge < -0.3 is 15.4 Å². The maximum absolute atomic E-state index is 12.7. The van der Waals surface area contributed by atoms with Crippen molar-refractivity contribution >= 4 is 55.2 Å². The van der Waals surface area contributed by atoms with Gasteiger partial charge in [0, 0.05) is 22.4 Å². The number of hydrogen-bond donors (Lipinski definition) is 3. The molecule has 0 aliphatic carbocycles. The number of benzene rings is 4. The summed E-state index contributed by atoms with van der Waals surface area (Å²) in [6, 6.07) is 27.0. The Balaban J connectivity index is 1.43. The summed E-state index contributed by atoms with van der Waals surface area (Å²) in [6.45, 7) is 0. The molecule has 32 heavy (non-hydrogen) atoms. The molecule has 0 amide bonds. The van der Waals surface area contributed by atoms with Crippen LogP contribution in [0.1, 0.15) is 0 Å². The first-order valence-electron chi connectivity index (χ1n) is 9.77. The molecule has 162 valence electrons. The summed E-state index contributed by atoms with van der Waals surface area (Å²) in [5.41, 5.74) is 2.02. The Morgan fingerprint density at radius 3 is 2.16 bits per heavy atom. The Morgan fingerprint density at radius 1 is 0.781 bits per heavy atom. The van der Waals surface area contributed by atoms with E-state index in [1.54, 1.807) is 43.5 Å². The van der Waals surface area contributed by atoms with Gasteiger partial charge in [0.2, 0.25) is 0 Å². The SMILES string of the molecule is COc1ccc(NS(=O)(=O)c2ccc(NC(=S)Nc3cccc4ccccc34)cc2)cc1. The van der Waals surface area contributed by atoms with Gasteiger partial charge in [-0.1, -0.05) is 36.4 Å². The quantitative estimate of drug-likeness (QED) is 0.330. The lowest BCUT2D eigenvalue weighted by atomic mass is 10.1. The lowest BCUT2D eigenvalue weighted by molar-refractivity contribution is 0.415. The van der Waals surface area contributed by atoms with Gasteiger partial charge in [0.05, 0.1) is 12.0 Å². The molecule has 4 rings (SSSR count). The first kappa shape index (κ1) is 21.6. The van der Waals surface area contributed by atoms with Crippen molar-refractivity contribution in [2.75, 3.05) is 22.5 Å². The van der Waals surface area contributed by atoms with Gasteiger partial charge in [0.1, 0.15) is 5.75 Å². The van der Waals surface area contributed by atoms with Crippen molar-refractivity contribution in [2.45, 2.75) is 4.90 Å². The van der Waals surface area contributed by atoms with Crippen molar-refractivity contribution < 1.29 is 13.2 Å². The fraction of sp³-hybridized carbons (Fsp3) is 0.0417. The predicted octanol–water partition coefficient (Wildman–Crippen LogP) is 5.46. The van der Waals surface area contributed by atoms with Crippen LogP contribution in [0.4, 0.5) is 17.1 Å². The fourth-order valence-electron chi connectivity index (χ4n) is 3.21. The summed E-state index contributed by atoms with van der Waals surface area (Å²) in [5.74, 6) is 0.649. The lowest BCUT2D eigenvalue weighted by Crippen LogP contribution is -2.19. The number of rotatable bonds is 6. The van der Waals surface area contributed by atoms with Crippen LogP contribution < -0.4 is 20.1 Å².